The maximum absolute atomic E-state index is 5.00. The smallest absolute Gasteiger partial charge is 0.184 e. The first-order chi connectivity index (χ1) is 30.8. The van der Waals surface area contributed by atoms with Gasteiger partial charge in [0.05, 0.1) is 66.7 Å². The number of halogens is 9. The van der Waals surface area contributed by atoms with E-state index < -0.39 is 21.6 Å². The van der Waals surface area contributed by atoms with Crippen LogP contribution >= 0.6 is 77.5 Å². The van der Waals surface area contributed by atoms with Crippen molar-refractivity contribution in [2.24, 2.45) is 56.3 Å². The number of benzene rings is 6. The Bertz CT molecular complexity index is 2180. The standard InChI is InChI=1S/6C7H6N2.9ClH.2Na.2Ru/c6*1-2-4-7-6(3-1)5-8-9-7;;;;;;;;;;;;;/h6*1-4H,5H2;9*1H;;;;/q;;;;;;;;;;;;;;;2*+1;2*+4/p-8. The summed E-state index contributed by atoms with van der Waals surface area (Å²) >= 11 is 0. The Hall–Kier alpha value is -1.22. The molecule has 0 aliphatic carbocycles. The summed E-state index contributed by atoms with van der Waals surface area (Å²) in [6.45, 7) is 4.69. The van der Waals surface area contributed by atoms with E-state index in [1.54, 1.807) is 0 Å². The van der Waals surface area contributed by atoms with Gasteiger partial charge in [-0.05, 0) is 41.5 Å². The minimum Gasteiger partial charge on any atom is -0.184 e. The Morgan fingerprint density at radius 1 is 0.313 bits per heavy atom. The van der Waals surface area contributed by atoms with Crippen molar-refractivity contribution in [3.8, 4) is 0 Å². The Labute approximate surface area is 477 Å². The summed E-state index contributed by atoms with van der Waals surface area (Å²) in [7, 11) is 34.0. The fraction of sp³-hybridized carbons (Fsp3) is 0.143. The van der Waals surface area contributed by atoms with Gasteiger partial charge in [0.15, 0.2) is 6.54 Å². The molecule has 6 aliphatic heterocycles. The van der Waals surface area contributed by atoms with Crippen molar-refractivity contribution >= 4 is 112 Å². The van der Waals surface area contributed by atoms with Gasteiger partial charge in [-0.1, -0.05) is 109 Å². The molecule has 6 aliphatic rings. The molecule has 12 nitrogen and oxygen atoms in total. The second kappa shape index (κ2) is 33.4. The van der Waals surface area contributed by atoms with Gasteiger partial charge in [-0.2, -0.15) is 51.1 Å². The van der Waals surface area contributed by atoms with E-state index in [9.17, 15) is 0 Å². The summed E-state index contributed by atoms with van der Waals surface area (Å²) in [4.78, 5) is 0. The topological polar surface area (TPSA) is 150 Å². The maximum Gasteiger partial charge on any atom is 1.00 e. The number of hydrogen-bond acceptors (Lipinski definition) is 11. The number of nitrogens with one attached hydrogen (secondary N) is 1. The molecule has 25 heteroatoms. The minimum atomic E-state index is -2.97. The molecule has 0 fully saturated rings. The first-order valence-corrected chi connectivity index (χ1v) is 36.6. The summed E-state index contributed by atoms with van der Waals surface area (Å²) < 4.78 is 0. The van der Waals surface area contributed by atoms with Crippen LogP contribution in [-0.4, -0.2) is 0 Å². The van der Waals surface area contributed by atoms with Gasteiger partial charge < -0.3 is 12.4 Å². The van der Waals surface area contributed by atoms with Gasteiger partial charge in [-0.3, -0.25) is 0 Å². The van der Waals surface area contributed by atoms with Crippen LogP contribution in [0.5, 0.6) is 0 Å². The summed E-state index contributed by atoms with van der Waals surface area (Å²) in [5.74, 6) is 0. The van der Waals surface area contributed by atoms with Gasteiger partial charge in [-0.15, -0.1) is 5.11 Å². The fourth-order valence-corrected chi connectivity index (χ4v) is 5.63. The van der Waals surface area contributed by atoms with Crippen molar-refractivity contribution < 1.29 is 98.3 Å². The predicted octanol–water partition coefficient (Wildman–Crippen LogP) is 8.31. The molecule has 67 heavy (non-hydrogen) atoms. The second-order valence-electron chi connectivity index (χ2n) is 12.8. The van der Waals surface area contributed by atoms with Gasteiger partial charge in [-0.25, -0.2) is 0 Å². The molecule has 6 aromatic carbocycles. The van der Waals surface area contributed by atoms with E-state index in [2.05, 4.69) is 97.8 Å². The zero-order chi connectivity index (χ0) is 45.6. The quantitative estimate of drug-likeness (QED) is 0.146. The van der Waals surface area contributed by atoms with E-state index >= 15 is 0 Å². The Morgan fingerprint density at radius 2 is 0.507 bits per heavy atom. The molecule has 0 aromatic heterocycles. The second-order valence-corrected chi connectivity index (χ2v) is 44.5. The molecular formula is C42H37Cl9N12Na2Ru2+2. The maximum atomic E-state index is 5.00. The van der Waals surface area contributed by atoms with Crippen LogP contribution < -0.4 is 76.6 Å². The molecule has 344 valence electrons. The van der Waals surface area contributed by atoms with Gasteiger partial charge in [0.25, 0.3) is 0 Å². The number of fused-ring (bicyclic) bond motifs is 6. The number of rotatable bonds is 0. The third-order valence-corrected chi connectivity index (χ3v) is 8.52. The third-order valence-electron chi connectivity index (χ3n) is 8.52. The van der Waals surface area contributed by atoms with Gasteiger partial charge in [0.1, 0.15) is 5.69 Å². The van der Waals surface area contributed by atoms with E-state index in [0.717, 1.165) is 73.4 Å². The number of hydrogen-bond donors (Lipinski definition) is 1. The molecule has 0 atom stereocenters. The van der Waals surface area contributed by atoms with Crippen LogP contribution in [0.1, 0.15) is 33.4 Å². The van der Waals surface area contributed by atoms with Crippen molar-refractivity contribution in [2.45, 2.75) is 39.3 Å². The minimum absolute atomic E-state index is 0. The molecule has 0 saturated heterocycles. The molecule has 1 N–H and O–H groups in total. The summed E-state index contributed by atoms with van der Waals surface area (Å²) in [6.07, 6.45) is 0. The molecule has 0 amide bonds. The SMILES string of the molecule is [Cl-].[Cl][Ru]([Cl])([Cl])[Cl].[Cl][Ru]([Cl])([Cl])[Cl].[Na+].[Na+].c1ccc2c(c1)CN=N2.c1ccc2c(c1)CN=N2.c1ccc2c(c1)CN=N2.c1ccc2c(c1)CN=N2.c1ccc2c(c1)CN=N2.c1ccc2c(c1)C[NH+]=N2. The normalized spacial score (nSPS) is 13.4. The van der Waals surface area contributed by atoms with E-state index in [-0.39, 0.29) is 71.5 Å². The van der Waals surface area contributed by atoms with E-state index in [0.29, 0.717) is 0 Å². The van der Waals surface area contributed by atoms with Gasteiger partial charge >= 0.3 is 158 Å². The van der Waals surface area contributed by atoms with Crippen LogP contribution in [0.3, 0.4) is 0 Å². The largest absolute Gasteiger partial charge is 1.00 e. The molecule has 0 unspecified atom stereocenters. The molecule has 0 spiro atoms. The average molecular weight is 1280 g/mol. The van der Waals surface area contributed by atoms with Crippen molar-refractivity contribution in [1.82, 2.24) is 0 Å². The van der Waals surface area contributed by atoms with Gasteiger partial charge in [0.2, 0.25) is 0 Å². The summed E-state index contributed by atoms with van der Waals surface area (Å²) in [6, 6.07) is 48.2. The van der Waals surface area contributed by atoms with Crippen LogP contribution in [0.4, 0.5) is 34.1 Å². The van der Waals surface area contributed by atoms with Crippen molar-refractivity contribution in [3.05, 3.63) is 179 Å². The van der Waals surface area contributed by atoms with Crippen molar-refractivity contribution in [3.63, 3.8) is 0 Å². The molecular weight excluding hydrogens is 1240 g/mol. The molecule has 0 radical (unpaired) electrons. The van der Waals surface area contributed by atoms with E-state index in [4.69, 9.17) is 77.5 Å². The number of para-hydroxylation sites is 1. The number of azo groups is 6. The van der Waals surface area contributed by atoms with Crippen LogP contribution in [0.2, 0.25) is 0 Å². The Morgan fingerprint density at radius 3 is 0.716 bits per heavy atom. The number of nitrogens with zero attached hydrogens (tertiary/aromatic N) is 11. The molecule has 12 rings (SSSR count). The molecule has 0 bridgehead atoms. The van der Waals surface area contributed by atoms with Crippen LogP contribution in [0, 0.1) is 0 Å². The predicted molar refractivity (Wildman–Crippen MR) is 253 cm³/mol. The summed E-state index contributed by atoms with van der Waals surface area (Å²) in [5.41, 5.74) is 13.7. The van der Waals surface area contributed by atoms with Crippen molar-refractivity contribution in [1.29, 1.82) is 0 Å². The fourth-order valence-electron chi connectivity index (χ4n) is 5.63. The third kappa shape index (κ3) is 25.1. The van der Waals surface area contributed by atoms with E-state index in [1.165, 1.54) is 33.4 Å². The Kier molecular flexibility index (Phi) is 30.9. The van der Waals surface area contributed by atoms with Crippen LogP contribution in [0.15, 0.2) is 202 Å². The first kappa shape index (κ1) is 61.9. The van der Waals surface area contributed by atoms with Crippen molar-refractivity contribution in [2.75, 3.05) is 0 Å². The van der Waals surface area contributed by atoms with Crippen LogP contribution in [0.25, 0.3) is 0 Å². The van der Waals surface area contributed by atoms with Gasteiger partial charge in [0, 0.05) is 27.8 Å². The molecule has 6 aromatic rings. The van der Waals surface area contributed by atoms with Crippen LogP contribution in [-0.2, 0) is 60.9 Å². The molecule has 0 saturated carbocycles. The zero-order valence-electron chi connectivity index (χ0n) is 35.6. The monoisotopic (exact) mass is 1270 g/mol. The average Bonchev–Trinajstić information content (AvgIpc) is 4.15. The van der Waals surface area contributed by atoms with E-state index in [1.807, 2.05) is 109 Å². The first-order valence-electron chi connectivity index (χ1n) is 18.7. The Balaban J connectivity index is 0.000000264. The zero-order valence-corrected chi connectivity index (χ0v) is 49.9. The summed E-state index contributed by atoms with van der Waals surface area (Å²) in [5, 5.41) is 46.0. The molecule has 6 heterocycles.